The van der Waals surface area contributed by atoms with Crippen LogP contribution in [0.25, 0.3) is 5.69 Å². The monoisotopic (exact) mass is 420 g/mol. The van der Waals surface area contributed by atoms with Gasteiger partial charge in [-0.3, -0.25) is 9.59 Å². The lowest BCUT2D eigenvalue weighted by Gasteiger charge is -2.36. The molecule has 2 amide bonds. The number of hydrogen-bond acceptors (Lipinski definition) is 3. The number of fused-ring (bicyclic) bond motifs is 1. The summed E-state index contributed by atoms with van der Waals surface area (Å²) in [5, 5.41) is 3.00. The number of nitrogens with zero attached hydrogens (tertiary/aromatic N) is 3. The molecule has 0 bridgehead atoms. The third-order valence-electron chi connectivity index (χ3n) is 5.85. The van der Waals surface area contributed by atoms with Crippen LogP contribution in [0, 0.1) is 13.8 Å². The third kappa shape index (κ3) is 4.14. The molecule has 0 aliphatic carbocycles. The molecule has 1 unspecified atom stereocenters. The number of carbonyl (C=O) groups excluding carboxylic acids is 2. The SMILES string of the molecule is COCCN1C(=O)c2cccn2CC1CNC(=O)c1ccc(-n2c(C)ccc2C)cc1. The van der Waals surface area contributed by atoms with Crippen LogP contribution in [0.5, 0.6) is 0 Å². The summed E-state index contributed by atoms with van der Waals surface area (Å²) >= 11 is 0. The Morgan fingerprint density at radius 3 is 2.48 bits per heavy atom. The Morgan fingerprint density at radius 1 is 1.10 bits per heavy atom. The van der Waals surface area contributed by atoms with Gasteiger partial charge in [0, 0.05) is 55.6 Å². The lowest BCUT2D eigenvalue weighted by atomic mass is 10.1. The second-order valence-corrected chi connectivity index (χ2v) is 7.90. The number of hydrogen-bond donors (Lipinski definition) is 1. The summed E-state index contributed by atoms with van der Waals surface area (Å²) < 4.78 is 9.27. The molecule has 7 nitrogen and oxygen atoms in total. The number of amides is 2. The first-order valence-corrected chi connectivity index (χ1v) is 10.5. The molecule has 0 radical (unpaired) electrons. The minimum Gasteiger partial charge on any atom is -0.383 e. The van der Waals surface area contributed by atoms with Gasteiger partial charge in [-0.2, -0.15) is 0 Å². The lowest BCUT2D eigenvalue weighted by Crippen LogP contribution is -2.53. The first-order valence-electron chi connectivity index (χ1n) is 10.5. The standard InChI is InChI=1S/C24H28N4O3/c1-17-6-7-18(2)28(17)20-10-8-19(9-11-20)23(29)25-15-21-16-26-12-4-5-22(26)24(30)27(21)13-14-31-3/h4-12,21H,13-16H2,1-3H3,(H,25,29). The summed E-state index contributed by atoms with van der Waals surface area (Å²) in [6.45, 7) is 6.09. The Balaban J connectivity index is 1.44. The van der Waals surface area contributed by atoms with E-state index >= 15 is 0 Å². The molecule has 31 heavy (non-hydrogen) atoms. The second kappa shape index (κ2) is 8.81. The van der Waals surface area contributed by atoms with Crippen molar-refractivity contribution in [3.8, 4) is 5.69 Å². The predicted octanol–water partition coefficient (Wildman–Crippen LogP) is 2.80. The van der Waals surface area contributed by atoms with Crippen molar-refractivity contribution >= 4 is 11.8 Å². The predicted molar refractivity (Wildman–Crippen MR) is 119 cm³/mol. The molecule has 1 aliphatic heterocycles. The van der Waals surface area contributed by atoms with Crippen LogP contribution in [0.1, 0.15) is 32.2 Å². The zero-order valence-corrected chi connectivity index (χ0v) is 18.2. The maximum absolute atomic E-state index is 12.8. The largest absolute Gasteiger partial charge is 0.383 e. The molecule has 7 heteroatoms. The average molecular weight is 421 g/mol. The topological polar surface area (TPSA) is 68.5 Å². The molecule has 1 atom stereocenters. The molecule has 0 saturated carbocycles. The molecule has 1 N–H and O–H groups in total. The van der Waals surface area contributed by atoms with Gasteiger partial charge >= 0.3 is 0 Å². The quantitative estimate of drug-likeness (QED) is 0.639. The summed E-state index contributed by atoms with van der Waals surface area (Å²) in [4.78, 5) is 27.4. The minimum absolute atomic E-state index is 0.0330. The van der Waals surface area contributed by atoms with Crippen LogP contribution in [0.2, 0.25) is 0 Å². The van der Waals surface area contributed by atoms with Crippen molar-refractivity contribution in [3.63, 3.8) is 0 Å². The Labute approximate surface area is 182 Å². The number of carbonyl (C=O) groups is 2. The van der Waals surface area contributed by atoms with Crippen molar-refractivity contribution in [2.24, 2.45) is 0 Å². The Hall–Kier alpha value is -3.32. The van der Waals surface area contributed by atoms with Crippen LogP contribution in [-0.4, -0.2) is 58.7 Å². The van der Waals surface area contributed by atoms with Crippen molar-refractivity contribution in [1.82, 2.24) is 19.4 Å². The van der Waals surface area contributed by atoms with Crippen LogP contribution in [0.15, 0.2) is 54.7 Å². The van der Waals surface area contributed by atoms with Crippen molar-refractivity contribution < 1.29 is 14.3 Å². The van der Waals surface area contributed by atoms with E-state index in [2.05, 4.69) is 35.9 Å². The molecule has 0 saturated heterocycles. The van der Waals surface area contributed by atoms with Crippen LogP contribution in [0.3, 0.4) is 0 Å². The number of ether oxygens (including phenoxy) is 1. The maximum atomic E-state index is 12.8. The Kier molecular flexibility index (Phi) is 5.95. The van der Waals surface area contributed by atoms with Crippen molar-refractivity contribution in [2.45, 2.75) is 26.4 Å². The molecule has 2 aromatic heterocycles. The van der Waals surface area contributed by atoms with Gasteiger partial charge in [0.2, 0.25) is 0 Å². The molecule has 0 spiro atoms. The van der Waals surface area contributed by atoms with E-state index in [-0.39, 0.29) is 17.9 Å². The molecule has 1 aliphatic rings. The van der Waals surface area contributed by atoms with Gasteiger partial charge in [0.05, 0.1) is 12.6 Å². The lowest BCUT2D eigenvalue weighted by molar-refractivity contribution is 0.0504. The van der Waals surface area contributed by atoms with E-state index in [4.69, 9.17) is 4.74 Å². The first kappa shape index (κ1) is 20.9. The van der Waals surface area contributed by atoms with Gasteiger partial charge < -0.3 is 24.1 Å². The van der Waals surface area contributed by atoms with Crippen molar-refractivity contribution in [2.75, 3.05) is 26.8 Å². The van der Waals surface area contributed by atoms with Gasteiger partial charge in [-0.05, 0) is 62.4 Å². The number of benzene rings is 1. The van der Waals surface area contributed by atoms with Gasteiger partial charge in [0.15, 0.2) is 0 Å². The van der Waals surface area contributed by atoms with Crippen molar-refractivity contribution in [3.05, 3.63) is 77.4 Å². The first-order chi connectivity index (χ1) is 15.0. The van der Waals surface area contributed by atoms with Crippen molar-refractivity contribution in [1.29, 1.82) is 0 Å². The third-order valence-corrected chi connectivity index (χ3v) is 5.85. The fraction of sp³-hybridized carbons (Fsp3) is 0.333. The van der Waals surface area contributed by atoms with Gasteiger partial charge in [0.25, 0.3) is 11.8 Å². The Morgan fingerprint density at radius 2 is 1.81 bits per heavy atom. The normalized spacial score (nSPS) is 15.8. The number of methoxy groups -OCH3 is 1. The molecule has 162 valence electrons. The molecule has 1 aromatic carbocycles. The minimum atomic E-state index is -0.148. The van der Waals surface area contributed by atoms with Crippen LogP contribution >= 0.6 is 0 Å². The van der Waals surface area contributed by atoms with Gasteiger partial charge in [-0.25, -0.2) is 0 Å². The number of rotatable bonds is 7. The van der Waals surface area contributed by atoms with E-state index in [9.17, 15) is 9.59 Å². The zero-order valence-electron chi connectivity index (χ0n) is 18.2. The molecule has 4 rings (SSSR count). The summed E-state index contributed by atoms with van der Waals surface area (Å²) in [5.74, 6) is -0.181. The van der Waals surface area contributed by atoms with Crippen LogP contribution in [0.4, 0.5) is 0 Å². The number of nitrogens with one attached hydrogen (secondary N) is 1. The average Bonchev–Trinajstić information content (AvgIpc) is 3.38. The zero-order chi connectivity index (χ0) is 22.0. The summed E-state index contributed by atoms with van der Waals surface area (Å²) in [6.07, 6.45) is 1.90. The smallest absolute Gasteiger partial charge is 0.270 e. The highest BCUT2D eigenvalue weighted by Crippen LogP contribution is 2.19. The fourth-order valence-corrected chi connectivity index (χ4v) is 4.20. The summed E-state index contributed by atoms with van der Waals surface area (Å²) in [7, 11) is 1.62. The summed E-state index contributed by atoms with van der Waals surface area (Å²) in [5.41, 5.74) is 4.60. The Bertz CT molecular complexity index is 1060. The van der Waals surface area contributed by atoms with E-state index in [0.717, 1.165) is 17.1 Å². The van der Waals surface area contributed by atoms with E-state index in [0.29, 0.717) is 37.5 Å². The van der Waals surface area contributed by atoms with Gasteiger partial charge in [-0.1, -0.05) is 0 Å². The molecular formula is C24H28N4O3. The molecular weight excluding hydrogens is 392 g/mol. The highest BCUT2D eigenvalue weighted by atomic mass is 16.5. The second-order valence-electron chi connectivity index (χ2n) is 7.90. The summed E-state index contributed by atoms with van der Waals surface area (Å²) in [6, 6.07) is 15.3. The van der Waals surface area contributed by atoms with Gasteiger partial charge in [0.1, 0.15) is 5.69 Å². The van der Waals surface area contributed by atoms with E-state index in [1.54, 1.807) is 12.0 Å². The highest BCUT2D eigenvalue weighted by Gasteiger charge is 2.32. The molecule has 3 aromatic rings. The molecule has 3 heterocycles. The van der Waals surface area contributed by atoms with Gasteiger partial charge in [-0.15, -0.1) is 0 Å². The fourth-order valence-electron chi connectivity index (χ4n) is 4.20. The highest BCUT2D eigenvalue weighted by molar-refractivity contribution is 5.95. The number of aryl methyl sites for hydroxylation is 2. The number of aromatic nitrogens is 2. The van der Waals surface area contributed by atoms with E-state index < -0.39 is 0 Å². The maximum Gasteiger partial charge on any atom is 0.270 e. The van der Waals surface area contributed by atoms with E-state index in [1.165, 1.54) is 0 Å². The molecule has 0 fully saturated rings. The van der Waals surface area contributed by atoms with E-state index in [1.807, 2.05) is 47.2 Å². The van der Waals surface area contributed by atoms with Crippen LogP contribution in [-0.2, 0) is 11.3 Å². The van der Waals surface area contributed by atoms with Crippen LogP contribution < -0.4 is 5.32 Å².